The van der Waals surface area contributed by atoms with E-state index in [4.69, 9.17) is 20.1 Å². The smallest absolute Gasteiger partial charge is 0.354 e. The average molecular weight is 744 g/mol. The van der Waals surface area contributed by atoms with Crippen LogP contribution in [0.2, 0.25) is 0 Å². The number of carbonyl (C=O) groups is 2. The fourth-order valence-corrected chi connectivity index (χ4v) is 3.08. The zero-order chi connectivity index (χ0) is 29.5. The van der Waals surface area contributed by atoms with Gasteiger partial charge in [0, 0.05) is 44.3 Å². The van der Waals surface area contributed by atoms with Crippen LogP contribution in [-0.4, -0.2) is 59.6 Å². The zero-order valence-electron chi connectivity index (χ0n) is 22.2. The Morgan fingerprint density at radius 1 is 0.857 bits per heavy atom. The minimum atomic E-state index is -0.990. The number of rotatable bonds is 7. The first kappa shape index (κ1) is 33.5. The summed E-state index contributed by atoms with van der Waals surface area (Å²) < 4.78 is 4.95. The molecule has 0 saturated carbocycles. The van der Waals surface area contributed by atoms with Crippen LogP contribution in [0.25, 0.3) is 22.5 Å². The second-order valence-electron chi connectivity index (χ2n) is 7.93. The van der Waals surface area contributed by atoms with Crippen molar-refractivity contribution < 1.29 is 49.8 Å². The number of aromatic nitrogens is 5. The summed E-state index contributed by atoms with van der Waals surface area (Å²) in [5.41, 5.74) is 4.85. The third kappa shape index (κ3) is 10.3. The number of aliphatic hydroxyl groups excluding tert-OH is 2. The predicted molar refractivity (Wildman–Crippen MR) is 148 cm³/mol. The quantitative estimate of drug-likeness (QED) is 0.165. The predicted octanol–water partition coefficient (Wildman–Crippen LogP) is 3.47. The Morgan fingerprint density at radius 3 is 2.05 bits per heavy atom. The number of carboxylic acids is 1. The molecule has 1 radical (unpaired) electrons. The van der Waals surface area contributed by atoms with Crippen LogP contribution in [0.15, 0.2) is 85.6 Å². The van der Waals surface area contributed by atoms with Crippen molar-refractivity contribution in [3.8, 4) is 28.4 Å². The minimum absolute atomic E-state index is 0. The fraction of sp³-hybridized carbons (Fsp3) is 0.100. The number of ether oxygens (including phenoxy) is 1. The van der Waals surface area contributed by atoms with Gasteiger partial charge in [-0.2, -0.15) is 0 Å². The first-order valence-corrected chi connectivity index (χ1v) is 12.0. The standard InChI is InChI=1S/C12H11N2O2.C12H9N2O2.C6H5NO2.Ir/c1-16-12-3-2-10(7-14-12)11-6-9(8-15)4-5-13-11;15-7-9-3-4-13-12(5-9)10-1-2-11(8-16)14-6-10;8-6(9)5-3-1-2-4-7-5;/h3-7,15H,8H2,1H3;2-7,16H,8H2;1-4H,(H,8,9);/q2*-1;;. The molecular formula is C30H25IrN5O6-2. The second kappa shape index (κ2) is 17.8. The van der Waals surface area contributed by atoms with Crippen LogP contribution in [0, 0.1) is 12.1 Å². The van der Waals surface area contributed by atoms with Crippen LogP contribution in [0.3, 0.4) is 0 Å². The van der Waals surface area contributed by atoms with Gasteiger partial charge in [-0.1, -0.05) is 36.7 Å². The van der Waals surface area contributed by atoms with Gasteiger partial charge in [0.15, 0.2) is 0 Å². The molecule has 5 aromatic rings. The summed E-state index contributed by atoms with van der Waals surface area (Å²) in [7, 11) is 1.56. The number of nitrogens with zero attached hydrogens (tertiary/aromatic N) is 5. The van der Waals surface area contributed by atoms with Crippen LogP contribution >= 0.6 is 0 Å². The van der Waals surface area contributed by atoms with Gasteiger partial charge < -0.3 is 40.0 Å². The van der Waals surface area contributed by atoms with Gasteiger partial charge in [0.2, 0.25) is 0 Å². The van der Waals surface area contributed by atoms with Gasteiger partial charge in [-0.05, 0) is 46.9 Å². The summed E-state index contributed by atoms with van der Waals surface area (Å²) in [6, 6.07) is 20.9. The van der Waals surface area contributed by atoms with Crippen LogP contribution in [-0.2, 0) is 33.3 Å². The Kier molecular flexibility index (Phi) is 14.2. The molecule has 0 bridgehead atoms. The van der Waals surface area contributed by atoms with Gasteiger partial charge in [-0.3, -0.25) is 4.79 Å². The Hall–Kier alpha value is -4.74. The van der Waals surface area contributed by atoms with Crippen molar-refractivity contribution in [2.24, 2.45) is 0 Å². The maximum absolute atomic E-state index is 10.6. The van der Waals surface area contributed by atoms with E-state index in [9.17, 15) is 9.59 Å². The average Bonchev–Trinajstić information content (AvgIpc) is 3.06. The molecule has 0 atom stereocenters. The molecule has 3 N–H and O–H groups in total. The summed E-state index contributed by atoms with van der Waals surface area (Å²) in [5, 5.41) is 26.2. The van der Waals surface area contributed by atoms with Crippen LogP contribution < -0.4 is 4.74 Å². The SMILES string of the molecule is COc1c[c-]c(-c2cc(CO)ccn2)cn1.O=C(O)c1ccccn1.O=Cc1ccnc(-c2[c-]cc(CO)nc2)c1.[Ir]. The zero-order valence-corrected chi connectivity index (χ0v) is 24.6. The second-order valence-corrected chi connectivity index (χ2v) is 7.93. The van der Waals surface area contributed by atoms with Crippen molar-refractivity contribution in [2.45, 2.75) is 13.2 Å². The molecule has 0 aliphatic heterocycles. The van der Waals surface area contributed by atoms with E-state index < -0.39 is 5.97 Å². The number of carboxylic acid groups (broad SMARTS) is 1. The Balaban J connectivity index is 0.000000227. The molecule has 12 heteroatoms. The third-order valence-corrected chi connectivity index (χ3v) is 5.16. The van der Waals surface area contributed by atoms with Gasteiger partial charge in [0.05, 0.1) is 20.3 Å². The molecule has 5 heterocycles. The molecule has 0 fully saturated rings. The summed E-state index contributed by atoms with van der Waals surface area (Å²) >= 11 is 0. The first-order valence-electron chi connectivity index (χ1n) is 12.0. The molecule has 0 aromatic carbocycles. The third-order valence-electron chi connectivity index (χ3n) is 5.16. The van der Waals surface area contributed by atoms with E-state index in [1.54, 1.807) is 80.4 Å². The monoisotopic (exact) mass is 744 g/mol. The van der Waals surface area contributed by atoms with Gasteiger partial charge >= 0.3 is 5.97 Å². The van der Waals surface area contributed by atoms with E-state index in [2.05, 4.69) is 37.1 Å². The van der Waals surface area contributed by atoms with Gasteiger partial charge in [-0.25, -0.2) is 9.78 Å². The molecule has 0 amide bonds. The fourth-order valence-electron chi connectivity index (χ4n) is 3.08. The van der Waals surface area contributed by atoms with Crippen molar-refractivity contribution in [3.63, 3.8) is 0 Å². The van der Waals surface area contributed by atoms with E-state index in [0.717, 1.165) is 23.1 Å². The Morgan fingerprint density at radius 2 is 1.55 bits per heavy atom. The number of pyridine rings is 5. The van der Waals surface area contributed by atoms with E-state index in [1.807, 2.05) is 0 Å². The van der Waals surface area contributed by atoms with E-state index in [1.165, 1.54) is 12.3 Å². The van der Waals surface area contributed by atoms with E-state index >= 15 is 0 Å². The molecule has 0 spiro atoms. The maximum atomic E-state index is 10.6. The largest absolute Gasteiger partial charge is 0.524 e. The minimum Gasteiger partial charge on any atom is -0.524 e. The Bertz CT molecular complexity index is 1540. The van der Waals surface area contributed by atoms with Crippen LogP contribution in [0.5, 0.6) is 5.88 Å². The Labute approximate surface area is 255 Å². The van der Waals surface area contributed by atoms with Gasteiger partial charge in [0.25, 0.3) is 0 Å². The molecule has 5 aromatic heterocycles. The molecule has 0 aliphatic rings. The molecule has 42 heavy (non-hydrogen) atoms. The van der Waals surface area contributed by atoms with Crippen molar-refractivity contribution in [1.29, 1.82) is 0 Å². The van der Waals surface area contributed by atoms with Crippen molar-refractivity contribution in [3.05, 3.63) is 120 Å². The van der Waals surface area contributed by atoms with E-state index in [0.29, 0.717) is 28.4 Å². The van der Waals surface area contributed by atoms with E-state index in [-0.39, 0.29) is 39.0 Å². The first-order chi connectivity index (χ1) is 20.0. The number of hydrogen-bond donors (Lipinski definition) is 3. The van der Waals surface area contributed by atoms with Crippen molar-refractivity contribution in [1.82, 2.24) is 24.9 Å². The van der Waals surface area contributed by atoms with Crippen molar-refractivity contribution in [2.75, 3.05) is 7.11 Å². The molecule has 5 rings (SSSR count). The molecular weight excluding hydrogens is 719 g/mol. The molecule has 217 valence electrons. The number of methoxy groups -OCH3 is 1. The number of aromatic carboxylic acids is 1. The number of aliphatic hydroxyl groups is 2. The number of aldehydes is 1. The molecule has 0 aliphatic carbocycles. The summed E-state index contributed by atoms with van der Waals surface area (Å²) in [4.78, 5) is 40.7. The summed E-state index contributed by atoms with van der Waals surface area (Å²) in [6.45, 7) is -0.113. The summed E-state index contributed by atoms with van der Waals surface area (Å²) in [5.74, 6) is -0.474. The molecule has 0 unspecified atom stereocenters. The van der Waals surface area contributed by atoms with Gasteiger partial charge in [-0.15, -0.1) is 29.3 Å². The summed E-state index contributed by atoms with van der Waals surface area (Å²) in [6.07, 6.45) is 8.64. The number of carbonyl (C=O) groups excluding carboxylic acids is 1. The van der Waals surface area contributed by atoms with Gasteiger partial charge in [0.1, 0.15) is 17.9 Å². The number of hydrogen-bond acceptors (Lipinski definition) is 10. The maximum Gasteiger partial charge on any atom is 0.354 e. The molecule has 0 saturated heterocycles. The normalized spacial score (nSPS) is 9.60. The molecule has 11 nitrogen and oxygen atoms in total. The topological polar surface area (TPSA) is 169 Å². The van der Waals surface area contributed by atoms with Crippen molar-refractivity contribution >= 4 is 12.3 Å². The van der Waals surface area contributed by atoms with Crippen LogP contribution in [0.1, 0.15) is 32.1 Å². The van der Waals surface area contributed by atoms with Crippen LogP contribution in [0.4, 0.5) is 0 Å².